The zero-order valence-corrected chi connectivity index (χ0v) is 6.40. The first kappa shape index (κ1) is 6.71. The lowest BCUT2D eigenvalue weighted by Crippen LogP contribution is -1.96. The fourth-order valence-electron chi connectivity index (χ4n) is 0.643. The smallest absolute Gasteiger partial charge is 0.0897 e. The highest BCUT2D eigenvalue weighted by Crippen LogP contribution is 2.06. The van der Waals surface area contributed by atoms with Crippen molar-refractivity contribution in [1.82, 2.24) is 10.3 Å². The molecule has 1 heterocycles. The van der Waals surface area contributed by atoms with Crippen LogP contribution in [-0.2, 0) is 6.54 Å². The summed E-state index contributed by atoms with van der Waals surface area (Å²) in [5.41, 5.74) is 1.08. The molecule has 0 spiro atoms. The molecule has 0 bridgehead atoms. The molecule has 0 amide bonds. The normalized spacial score (nSPS) is 10.0. The van der Waals surface area contributed by atoms with Crippen LogP contribution < -0.4 is 5.32 Å². The minimum Gasteiger partial charge on any atom is -0.245 e. The summed E-state index contributed by atoms with van der Waals surface area (Å²) < 4.78 is 0. The van der Waals surface area contributed by atoms with Crippen molar-refractivity contribution in [3.05, 3.63) is 16.1 Å². The van der Waals surface area contributed by atoms with Crippen LogP contribution in [-0.4, -0.2) is 12.0 Å². The quantitative estimate of drug-likeness (QED) is 0.607. The lowest BCUT2D eigenvalue weighted by Gasteiger charge is -1.86. The predicted molar refractivity (Wildman–Crippen MR) is 38.6 cm³/mol. The fourth-order valence-corrected chi connectivity index (χ4v) is 1.25. The zero-order chi connectivity index (χ0) is 6.69. The van der Waals surface area contributed by atoms with Crippen molar-refractivity contribution in [3.8, 4) is 0 Å². The summed E-state index contributed by atoms with van der Waals surface area (Å²) in [6, 6.07) is 0. The molecule has 0 N–H and O–H groups in total. The second kappa shape index (κ2) is 2.94. The van der Waals surface area contributed by atoms with Crippen LogP contribution in [0, 0.1) is 6.92 Å². The highest BCUT2D eigenvalue weighted by Gasteiger charge is 1.94. The van der Waals surface area contributed by atoms with Gasteiger partial charge in [-0.1, -0.05) is 0 Å². The molecule has 2 nitrogen and oxygen atoms in total. The van der Waals surface area contributed by atoms with Crippen LogP contribution in [0.1, 0.15) is 10.7 Å². The predicted octanol–water partition coefficient (Wildman–Crippen LogP) is 1.19. The van der Waals surface area contributed by atoms with Gasteiger partial charge in [-0.05, 0) is 6.92 Å². The van der Waals surface area contributed by atoms with Crippen molar-refractivity contribution in [2.24, 2.45) is 0 Å². The average Bonchev–Trinajstić information content (AvgIpc) is 2.17. The van der Waals surface area contributed by atoms with E-state index in [0.717, 1.165) is 17.2 Å². The first-order chi connectivity index (χ1) is 4.33. The Morgan fingerprint density at radius 1 is 1.78 bits per heavy atom. The number of nitrogens with zero attached hydrogens (tertiary/aromatic N) is 2. The minimum absolute atomic E-state index is 0.754. The SMILES string of the molecule is C[N]Cc1csc(C)n1. The summed E-state index contributed by atoms with van der Waals surface area (Å²) in [5, 5.41) is 7.13. The van der Waals surface area contributed by atoms with Crippen molar-refractivity contribution in [1.29, 1.82) is 0 Å². The Balaban J connectivity index is 2.61. The van der Waals surface area contributed by atoms with E-state index in [9.17, 15) is 0 Å². The van der Waals surface area contributed by atoms with Crippen LogP contribution in [0.15, 0.2) is 5.38 Å². The maximum Gasteiger partial charge on any atom is 0.0897 e. The van der Waals surface area contributed by atoms with Gasteiger partial charge in [-0.25, -0.2) is 10.3 Å². The van der Waals surface area contributed by atoms with Crippen molar-refractivity contribution >= 4 is 11.3 Å². The van der Waals surface area contributed by atoms with Crippen molar-refractivity contribution in [2.75, 3.05) is 7.05 Å². The molecule has 0 fully saturated rings. The second-order valence-corrected chi connectivity index (χ2v) is 2.89. The third-order valence-corrected chi connectivity index (χ3v) is 1.81. The zero-order valence-electron chi connectivity index (χ0n) is 5.59. The average molecular weight is 141 g/mol. The Morgan fingerprint density at radius 3 is 3.00 bits per heavy atom. The van der Waals surface area contributed by atoms with E-state index in [1.54, 1.807) is 18.4 Å². The first-order valence-electron chi connectivity index (χ1n) is 2.79. The van der Waals surface area contributed by atoms with Gasteiger partial charge in [0.05, 0.1) is 17.2 Å². The molecule has 3 heteroatoms. The summed E-state index contributed by atoms with van der Waals surface area (Å²) in [5.74, 6) is 0. The van der Waals surface area contributed by atoms with E-state index < -0.39 is 0 Å². The van der Waals surface area contributed by atoms with Crippen LogP contribution in [0.2, 0.25) is 0 Å². The van der Waals surface area contributed by atoms with E-state index in [0.29, 0.717) is 0 Å². The molecule has 49 valence electrons. The molecule has 0 unspecified atom stereocenters. The van der Waals surface area contributed by atoms with E-state index >= 15 is 0 Å². The molecule has 0 aliphatic heterocycles. The van der Waals surface area contributed by atoms with E-state index in [1.807, 2.05) is 12.3 Å². The molecule has 0 saturated heterocycles. The molecule has 0 saturated carbocycles. The van der Waals surface area contributed by atoms with Gasteiger partial charge in [-0.15, -0.1) is 11.3 Å². The Bertz CT molecular complexity index is 183. The summed E-state index contributed by atoms with van der Waals surface area (Å²) in [4.78, 5) is 4.23. The Kier molecular flexibility index (Phi) is 2.19. The Morgan fingerprint density at radius 2 is 2.56 bits per heavy atom. The number of aryl methyl sites for hydroxylation is 1. The largest absolute Gasteiger partial charge is 0.245 e. The second-order valence-electron chi connectivity index (χ2n) is 1.83. The van der Waals surface area contributed by atoms with Gasteiger partial charge in [-0.2, -0.15) is 0 Å². The molecule has 1 aromatic heterocycles. The molecule has 1 radical (unpaired) electrons. The van der Waals surface area contributed by atoms with Gasteiger partial charge in [0.2, 0.25) is 0 Å². The lowest BCUT2D eigenvalue weighted by molar-refractivity contribution is 0.778. The van der Waals surface area contributed by atoms with Gasteiger partial charge in [0, 0.05) is 12.4 Å². The minimum atomic E-state index is 0.754. The van der Waals surface area contributed by atoms with Gasteiger partial charge in [-0.3, -0.25) is 0 Å². The van der Waals surface area contributed by atoms with Gasteiger partial charge >= 0.3 is 0 Å². The van der Waals surface area contributed by atoms with Crippen LogP contribution in [0.4, 0.5) is 0 Å². The van der Waals surface area contributed by atoms with Gasteiger partial charge in [0.15, 0.2) is 0 Å². The lowest BCUT2D eigenvalue weighted by atomic mass is 10.5. The molecule has 0 aliphatic rings. The van der Waals surface area contributed by atoms with Crippen LogP contribution in [0.25, 0.3) is 0 Å². The molecule has 0 aliphatic carbocycles. The highest BCUT2D eigenvalue weighted by molar-refractivity contribution is 7.09. The van der Waals surface area contributed by atoms with Crippen LogP contribution in [0.5, 0.6) is 0 Å². The fraction of sp³-hybridized carbons (Fsp3) is 0.500. The van der Waals surface area contributed by atoms with Crippen molar-refractivity contribution in [3.63, 3.8) is 0 Å². The summed E-state index contributed by atoms with van der Waals surface area (Å²) in [7, 11) is 1.80. The highest BCUT2D eigenvalue weighted by atomic mass is 32.1. The van der Waals surface area contributed by atoms with E-state index in [-0.39, 0.29) is 0 Å². The summed E-state index contributed by atoms with van der Waals surface area (Å²) >= 11 is 1.67. The molecule has 9 heavy (non-hydrogen) atoms. The number of hydrogen-bond donors (Lipinski definition) is 0. The topological polar surface area (TPSA) is 27.0 Å². The van der Waals surface area contributed by atoms with Gasteiger partial charge in [0.1, 0.15) is 0 Å². The van der Waals surface area contributed by atoms with Crippen molar-refractivity contribution < 1.29 is 0 Å². The number of hydrogen-bond acceptors (Lipinski definition) is 2. The summed E-state index contributed by atoms with van der Waals surface area (Å²) in [6.07, 6.45) is 0. The Labute approximate surface area is 58.9 Å². The molecule has 1 aromatic rings. The van der Waals surface area contributed by atoms with E-state index in [4.69, 9.17) is 0 Å². The maximum atomic E-state index is 4.23. The van der Waals surface area contributed by atoms with E-state index in [2.05, 4.69) is 10.3 Å². The van der Waals surface area contributed by atoms with Gasteiger partial charge < -0.3 is 0 Å². The third kappa shape index (κ3) is 1.77. The molecular formula is C6H9N2S. The van der Waals surface area contributed by atoms with Gasteiger partial charge in [0.25, 0.3) is 0 Å². The first-order valence-corrected chi connectivity index (χ1v) is 3.67. The molecule has 0 atom stereocenters. The summed E-state index contributed by atoms with van der Waals surface area (Å²) in [6.45, 7) is 2.76. The molecular weight excluding hydrogens is 132 g/mol. The van der Waals surface area contributed by atoms with Crippen LogP contribution in [0.3, 0.4) is 0 Å². The number of rotatable bonds is 2. The number of aromatic nitrogens is 1. The van der Waals surface area contributed by atoms with Crippen LogP contribution >= 0.6 is 11.3 Å². The Hall–Kier alpha value is -0.410. The van der Waals surface area contributed by atoms with Crippen molar-refractivity contribution in [2.45, 2.75) is 13.5 Å². The third-order valence-electron chi connectivity index (χ3n) is 0.987. The maximum absolute atomic E-state index is 4.23. The molecule has 1 rings (SSSR count). The monoisotopic (exact) mass is 141 g/mol. The number of thiazole rings is 1. The van der Waals surface area contributed by atoms with E-state index in [1.165, 1.54) is 0 Å². The molecule has 0 aromatic carbocycles. The standard InChI is InChI=1S/C6H9N2S/c1-5-8-6(3-7-2)4-9-5/h4H,3H2,1-2H3.